The minimum Gasteiger partial charge on any atom is -0.351 e. The van der Waals surface area contributed by atoms with Gasteiger partial charge in [-0.15, -0.1) is 0 Å². The highest BCUT2D eigenvalue weighted by molar-refractivity contribution is 5.96. The van der Waals surface area contributed by atoms with Crippen LogP contribution in [0.5, 0.6) is 0 Å². The fourth-order valence-corrected chi connectivity index (χ4v) is 2.56. The highest BCUT2D eigenvalue weighted by atomic mass is 16.2. The number of carbonyl (C=O) groups excluding carboxylic acids is 2. The number of imide groups is 1. The van der Waals surface area contributed by atoms with Gasteiger partial charge in [0.1, 0.15) is 5.82 Å². The van der Waals surface area contributed by atoms with E-state index in [-0.39, 0.29) is 17.9 Å². The minimum absolute atomic E-state index is 0.279. The normalized spacial score (nSPS) is 17.4. The Labute approximate surface area is 121 Å². The number of nitrogens with two attached hydrogens (primary N) is 1. The average molecular weight is 287 g/mol. The van der Waals surface area contributed by atoms with E-state index < -0.39 is 6.03 Å². The molecular formula is C14H17N5O2. The quantitative estimate of drug-likeness (QED) is 0.766. The van der Waals surface area contributed by atoms with Gasteiger partial charge in [0.25, 0.3) is 0 Å². The lowest BCUT2D eigenvalue weighted by Gasteiger charge is -2.41. The van der Waals surface area contributed by atoms with Crippen LogP contribution < -0.4 is 11.1 Å². The van der Waals surface area contributed by atoms with Gasteiger partial charge < -0.3 is 10.7 Å². The van der Waals surface area contributed by atoms with Crippen molar-refractivity contribution < 1.29 is 9.59 Å². The maximum absolute atomic E-state index is 11.7. The number of likely N-dealkylation sites (tertiary alicyclic amines) is 1. The predicted molar refractivity (Wildman–Crippen MR) is 77.6 cm³/mol. The Bertz CT molecular complexity index is 656. The first kappa shape index (κ1) is 13.6. The van der Waals surface area contributed by atoms with Crippen LogP contribution in [0.1, 0.15) is 18.7 Å². The van der Waals surface area contributed by atoms with E-state index in [4.69, 9.17) is 5.73 Å². The summed E-state index contributed by atoms with van der Waals surface area (Å²) in [6.07, 6.45) is 0. The number of urea groups is 1. The van der Waals surface area contributed by atoms with E-state index in [9.17, 15) is 9.59 Å². The molecule has 7 nitrogen and oxygen atoms in total. The molecular weight excluding hydrogens is 270 g/mol. The van der Waals surface area contributed by atoms with E-state index in [0.717, 1.165) is 29.9 Å². The molecule has 0 spiro atoms. The molecule has 110 valence electrons. The number of hydrogen-bond donors (Lipinski definition) is 3. The summed E-state index contributed by atoms with van der Waals surface area (Å²) in [5, 5.41) is 2.10. The zero-order chi connectivity index (χ0) is 15.0. The van der Waals surface area contributed by atoms with Gasteiger partial charge in [-0.05, 0) is 19.1 Å². The van der Waals surface area contributed by atoms with Crippen molar-refractivity contribution in [2.45, 2.75) is 18.9 Å². The third-order valence-electron chi connectivity index (χ3n) is 3.88. The smallest absolute Gasteiger partial charge is 0.318 e. The second kappa shape index (κ2) is 5.17. The van der Waals surface area contributed by atoms with Gasteiger partial charge in [-0.1, -0.05) is 12.1 Å². The molecule has 0 saturated carbocycles. The van der Waals surface area contributed by atoms with Gasteiger partial charge in [0.15, 0.2) is 0 Å². The van der Waals surface area contributed by atoms with Gasteiger partial charge >= 0.3 is 6.03 Å². The Morgan fingerprint density at radius 1 is 1.43 bits per heavy atom. The van der Waals surface area contributed by atoms with Gasteiger partial charge in [-0.2, -0.15) is 0 Å². The summed E-state index contributed by atoms with van der Waals surface area (Å²) in [6.45, 7) is 3.22. The summed E-state index contributed by atoms with van der Waals surface area (Å²) < 4.78 is 0. The summed E-state index contributed by atoms with van der Waals surface area (Å²) in [6, 6.07) is 6.68. The number of fused-ring (bicyclic) bond motifs is 1. The molecule has 3 amide bonds. The molecule has 1 fully saturated rings. The van der Waals surface area contributed by atoms with Crippen molar-refractivity contribution in [1.29, 1.82) is 0 Å². The largest absolute Gasteiger partial charge is 0.351 e. The molecule has 1 aliphatic rings. The van der Waals surface area contributed by atoms with Gasteiger partial charge in [-0.25, -0.2) is 9.78 Å². The monoisotopic (exact) mass is 287 g/mol. The molecule has 7 heteroatoms. The number of benzene rings is 1. The standard InChI is InChI=1S/C14H17N5O2/c1-8(13(20)18-14(15)21)19-6-9(7-19)12-16-10-4-2-3-5-11(10)17-12/h2-5,8-9H,6-7H2,1H3,(H,16,17)(H3,15,18,20,21)/t8-/m0/s1. The number of hydrogen-bond acceptors (Lipinski definition) is 4. The second-order valence-electron chi connectivity index (χ2n) is 5.32. The van der Waals surface area contributed by atoms with Crippen LogP contribution in [-0.2, 0) is 4.79 Å². The number of amides is 3. The number of rotatable bonds is 3. The molecule has 21 heavy (non-hydrogen) atoms. The van der Waals surface area contributed by atoms with E-state index in [1.165, 1.54) is 0 Å². The summed E-state index contributed by atoms with van der Waals surface area (Å²) in [5.41, 5.74) is 6.92. The van der Waals surface area contributed by atoms with Crippen molar-refractivity contribution in [2.75, 3.05) is 13.1 Å². The molecule has 0 bridgehead atoms. The van der Waals surface area contributed by atoms with Crippen LogP contribution in [0.25, 0.3) is 11.0 Å². The number of imidazole rings is 1. The Balaban J connectivity index is 1.62. The lowest BCUT2D eigenvalue weighted by atomic mass is 9.97. The molecule has 1 aromatic heterocycles. The van der Waals surface area contributed by atoms with Crippen molar-refractivity contribution in [2.24, 2.45) is 5.73 Å². The number of H-pyrrole nitrogens is 1. The summed E-state index contributed by atoms with van der Waals surface area (Å²) in [4.78, 5) is 32.2. The predicted octanol–water partition coefficient (Wildman–Crippen LogP) is 0.545. The highest BCUT2D eigenvalue weighted by Gasteiger charge is 2.36. The Morgan fingerprint density at radius 2 is 2.14 bits per heavy atom. The van der Waals surface area contributed by atoms with Crippen LogP contribution >= 0.6 is 0 Å². The molecule has 1 aromatic carbocycles. The molecule has 3 rings (SSSR count). The maximum Gasteiger partial charge on any atom is 0.318 e. The number of nitrogens with one attached hydrogen (secondary N) is 2. The van der Waals surface area contributed by atoms with E-state index >= 15 is 0 Å². The van der Waals surface area contributed by atoms with Crippen molar-refractivity contribution in [3.63, 3.8) is 0 Å². The van der Waals surface area contributed by atoms with Crippen molar-refractivity contribution >= 4 is 23.0 Å². The number of nitrogens with zero attached hydrogens (tertiary/aromatic N) is 2. The summed E-state index contributed by atoms with van der Waals surface area (Å²) >= 11 is 0. The van der Waals surface area contributed by atoms with Crippen molar-refractivity contribution in [3.05, 3.63) is 30.1 Å². The molecule has 2 heterocycles. The fourth-order valence-electron chi connectivity index (χ4n) is 2.56. The second-order valence-corrected chi connectivity index (χ2v) is 5.32. The summed E-state index contributed by atoms with van der Waals surface area (Å²) in [7, 11) is 0. The fraction of sp³-hybridized carbons (Fsp3) is 0.357. The molecule has 0 aliphatic carbocycles. The van der Waals surface area contributed by atoms with Crippen molar-refractivity contribution in [3.8, 4) is 0 Å². The first-order valence-corrected chi connectivity index (χ1v) is 6.83. The lowest BCUT2D eigenvalue weighted by molar-refractivity contribution is -0.126. The third kappa shape index (κ3) is 2.59. The van der Waals surface area contributed by atoms with Crippen LogP contribution in [0.3, 0.4) is 0 Å². The Hall–Kier alpha value is -2.41. The Morgan fingerprint density at radius 3 is 2.81 bits per heavy atom. The molecule has 0 unspecified atom stereocenters. The number of para-hydroxylation sites is 2. The first-order chi connectivity index (χ1) is 10.0. The maximum atomic E-state index is 11.7. The van der Waals surface area contributed by atoms with Crippen LogP contribution in [0.4, 0.5) is 4.79 Å². The van der Waals surface area contributed by atoms with Gasteiger partial charge in [0.2, 0.25) is 5.91 Å². The Kier molecular flexibility index (Phi) is 3.34. The number of primary amides is 1. The van der Waals surface area contributed by atoms with E-state index in [1.54, 1.807) is 6.92 Å². The molecule has 1 atom stereocenters. The van der Waals surface area contributed by atoms with Crippen LogP contribution in [0.15, 0.2) is 24.3 Å². The molecule has 1 saturated heterocycles. The lowest BCUT2D eigenvalue weighted by Crippen LogP contribution is -2.56. The van der Waals surface area contributed by atoms with Crippen LogP contribution in [0.2, 0.25) is 0 Å². The topological polar surface area (TPSA) is 104 Å². The molecule has 2 aromatic rings. The van der Waals surface area contributed by atoms with Gasteiger partial charge in [0.05, 0.1) is 17.1 Å². The molecule has 4 N–H and O–H groups in total. The summed E-state index contributed by atoms with van der Waals surface area (Å²) in [5.74, 6) is 0.849. The van der Waals surface area contributed by atoms with Crippen LogP contribution in [-0.4, -0.2) is 45.9 Å². The molecule has 0 radical (unpaired) electrons. The highest BCUT2D eigenvalue weighted by Crippen LogP contribution is 2.28. The average Bonchev–Trinajstić information content (AvgIpc) is 2.79. The first-order valence-electron chi connectivity index (χ1n) is 6.83. The number of carbonyl (C=O) groups is 2. The SMILES string of the molecule is C[C@@H](C(=O)NC(N)=O)N1CC(c2nc3ccccc3[nH]2)C1. The van der Waals surface area contributed by atoms with Gasteiger partial charge in [0, 0.05) is 19.0 Å². The third-order valence-corrected chi connectivity index (χ3v) is 3.88. The zero-order valence-electron chi connectivity index (χ0n) is 11.7. The minimum atomic E-state index is -0.818. The van der Waals surface area contributed by atoms with Gasteiger partial charge in [-0.3, -0.25) is 15.0 Å². The molecule has 1 aliphatic heterocycles. The number of aromatic amines is 1. The van der Waals surface area contributed by atoms with E-state index in [0.29, 0.717) is 0 Å². The number of aromatic nitrogens is 2. The van der Waals surface area contributed by atoms with E-state index in [1.807, 2.05) is 29.2 Å². The van der Waals surface area contributed by atoms with Crippen LogP contribution in [0, 0.1) is 0 Å². The van der Waals surface area contributed by atoms with Crippen molar-refractivity contribution in [1.82, 2.24) is 20.2 Å². The van der Waals surface area contributed by atoms with E-state index in [2.05, 4.69) is 15.3 Å². The zero-order valence-corrected chi connectivity index (χ0v) is 11.7.